The number of rotatable bonds is 9. The first kappa shape index (κ1) is 18.5. The van der Waals surface area contributed by atoms with Crippen LogP contribution in [0.25, 0.3) is 6.08 Å². The van der Waals surface area contributed by atoms with Gasteiger partial charge in [0, 0.05) is 25.0 Å². The molecule has 0 unspecified atom stereocenters. The van der Waals surface area contributed by atoms with Crippen LogP contribution in [0.3, 0.4) is 0 Å². The van der Waals surface area contributed by atoms with Crippen molar-refractivity contribution in [3.05, 3.63) is 59.9 Å². The number of carbonyl (C=O) groups is 1. The number of hydrogen-bond donors (Lipinski definition) is 1. The van der Waals surface area contributed by atoms with E-state index in [1.54, 1.807) is 25.6 Å². The zero-order valence-corrected chi connectivity index (χ0v) is 14.7. The van der Waals surface area contributed by atoms with Crippen molar-refractivity contribution >= 4 is 12.0 Å². The van der Waals surface area contributed by atoms with Gasteiger partial charge in [0.05, 0.1) is 13.7 Å². The monoisotopic (exact) mass is 340 g/mol. The molecule has 5 nitrogen and oxygen atoms in total. The van der Waals surface area contributed by atoms with Crippen molar-refractivity contribution in [2.45, 2.75) is 26.3 Å². The summed E-state index contributed by atoms with van der Waals surface area (Å²) in [6.07, 6.45) is 8.76. The van der Waals surface area contributed by atoms with E-state index in [1.807, 2.05) is 30.3 Å². The maximum absolute atomic E-state index is 11.9. The maximum atomic E-state index is 11.9. The summed E-state index contributed by atoms with van der Waals surface area (Å²) < 4.78 is 11.1. The Bertz CT molecular complexity index is 699. The molecule has 1 amide bonds. The molecule has 0 aliphatic heterocycles. The summed E-state index contributed by atoms with van der Waals surface area (Å²) in [6, 6.07) is 9.37. The number of ether oxygens (including phenoxy) is 2. The molecule has 25 heavy (non-hydrogen) atoms. The van der Waals surface area contributed by atoms with Crippen molar-refractivity contribution in [1.29, 1.82) is 0 Å². The van der Waals surface area contributed by atoms with Crippen molar-refractivity contribution in [2.75, 3.05) is 13.7 Å². The molecule has 0 saturated carbocycles. The van der Waals surface area contributed by atoms with Crippen LogP contribution in [0.5, 0.6) is 11.5 Å². The lowest BCUT2D eigenvalue weighted by Gasteiger charge is -2.10. The molecule has 0 spiro atoms. The normalized spacial score (nSPS) is 10.6. The predicted molar refractivity (Wildman–Crippen MR) is 98.5 cm³/mol. The topological polar surface area (TPSA) is 60.5 Å². The van der Waals surface area contributed by atoms with Gasteiger partial charge >= 0.3 is 0 Å². The van der Waals surface area contributed by atoms with Gasteiger partial charge in [0.25, 0.3) is 0 Å². The predicted octanol–water partition coefficient (Wildman–Crippen LogP) is 3.60. The van der Waals surface area contributed by atoms with Crippen LogP contribution in [0.2, 0.25) is 0 Å². The van der Waals surface area contributed by atoms with Gasteiger partial charge < -0.3 is 14.8 Å². The van der Waals surface area contributed by atoms with Gasteiger partial charge in [-0.2, -0.15) is 0 Å². The summed E-state index contributed by atoms with van der Waals surface area (Å²) in [7, 11) is 1.61. The number of amides is 1. The lowest BCUT2D eigenvalue weighted by molar-refractivity contribution is -0.116. The average molecular weight is 340 g/mol. The number of benzene rings is 1. The zero-order valence-electron chi connectivity index (χ0n) is 14.7. The molecule has 1 aromatic carbocycles. The van der Waals surface area contributed by atoms with Gasteiger partial charge in [0.2, 0.25) is 5.91 Å². The Labute approximate surface area is 148 Å². The maximum Gasteiger partial charge on any atom is 0.244 e. The first-order chi connectivity index (χ1) is 12.2. The van der Waals surface area contributed by atoms with Gasteiger partial charge in [-0.05, 0) is 41.8 Å². The molecule has 0 atom stereocenters. The summed E-state index contributed by atoms with van der Waals surface area (Å²) in [5.41, 5.74) is 1.83. The molecule has 2 rings (SSSR count). The van der Waals surface area contributed by atoms with Crippen molar-refractivity contribution in [2.24, 2.45) is 0 Å². The molecule has 5 heteroatoms. The lowest BCUT2D eigenvalue weighted by atomic mass is 10.2. The minimum atomic E-state index is -0.161. The summed E-state index contributed by atoms with van der Waals surface area (Å²) in [4.78, 5) is 15.9. The number of nitrogens with zero attached hydrogens (tertiary/aromatic N) is 1. The van der Waals surface area contributed by atoms with E-state index >= 15 is 0 Å². The van der Waals surface area contributed by atoms with Crippen LogP contribution in [0, 0.1) is 0 Å². The second-order valence-corrected chi connectivity index (χ2v) is 5.52. The van der Waals surface area contributed by atoms with E-state index in [0.717, 1.165) is 24.0 Å². The standard InChI is InChI=1S/C20H24N2O3/c1-3-4-12-25-18-9-7-16(13-19(18)24-2)8-10-20(23)22-15-17-6-5-11-21-14-17/h5-11,13-14H,3-4,12,15H2,1-2H3,(H,22,23)/b10-8+. The third kappa shape index (κ3) is 6.30. The number of nitrogens with one attached hydrogen (secondary N) is 1. The highest BCUT2D eigenvalue weighted by Gasteiger charge is 2.05. The summed E-state index contributed by atoms with van der Waals surface area (Å²) >= 11 is 0. The van der Waals surface area contributed by atoms with Crippen LogP contribution in [0.1, 0.15) is 30.9 Å². The fourth-order valence-electron chi connectivity index (χ4n) is 2.16. The smallest absolute Gasteiger partial charge is 0.244 e. The second kappa shape index (κ2) is 10.1. The first-order valence-corrected chi connectivity index (χ1v) is 8.38. The highest BCUT2D eigenvalue weighted by Crippen LogP contribution is 2.28. The number of carbonyl (C=O) groups excluding carboxylic acids is 1. The molecule has 0 fully saturated rings. The highest BCUT2D eigenvalue weighted by molar-refractivity contribution is 5.91. The molecule has 1 heterocycles. The molecule has 0 aliphatic carbocycles. The SMILES string of the molecule is CCCCOc1ccc(/C=C/C(=O)NCc2cccnc2)cc1OC. The molecule has 0 aliphatic rings. The first-order valence-electron chi connectivity index (χ1n) is 8.38. The van der Waals surface area contributed by atoms with Crippen LogP contribution in [-0.4, -0.2) is 24.6 Å². The van der Waals surface area contributed by atoms with Crippen LogP contribution in [0.4, 0.5) is 0 Å². The molecule has 0 bridgehead atoms. The summed E-state index contributed by atoms with van der Waals surface area (Å²) in [5, 5.41) is 2.82. The Morgan fingerprint density at radius 2 is 2.16 bits per heavy atom. The number of unbranched alkanes of at least 4 members (excludes halogenated alkanes) is 1. The van der Waals surface area contributed by atoms with Gasteiger partial charge in [0.1, 0.15) is 0 Å². The lowest BCUT2D eigenvalue weighted by Crippen LogP contribution is -2.20. The van der Waals surface area contributed by atoms with Crippen LogP contribution in [0.15, 0.2) is 48.8 Å². The van der Waals surface area contributed by atoms with E-state index in [1.165, 1.54) is 6.08 Å². The molecular formula is C20H24N2O3. The molecule has 2 aromatic rings. The molecule has 132 valence electrons. The van der Waals surface area contributed by atoms with E-state index < -0.39 is 0 Å². The fourth-order valence-corrected chi connectivity index (χ4v) is 2.16. The van der Waals surface area contributed by atoms with E-state index in [9.17, 15) is 4.79 Å². The van der Waals surface area contributed by atoms with Gasteiger partial charge in [-0.3, -0.25) is 9.78 Å². The Hall–Kier alpha value is -2.82. The third-order valence-electron chi connectivity index (χ3n) is 3.56. The van der Waals surface area contributed by atoms with E-state index in [-0.39, 0.29) is 5.91 Å². The minimum Gasteiger partial charge on any atom is -0.493 e. The van der Waals surface area contributed by atoms with Gasteiger partial charge in [0.15, 0.2) is 11.5 Å². The van der Waals surface area contributed by atoms with Crippen molar-refractivity contribution < 1.29 is 14.3 Å². The Kier molecular flexibility index (Phi) is 7.50. The third-order valence-corrected chi connectivity index (χ3v) is 3.56. The van der Waals surface area contributed by atoms with Crippen molar-refractivity contribution in [1.82, 2.24) is 10.3 Å². The number of methoxy groups -OCH3 is 1. The molecule has 0 saturated heterocycles. The van der Waals surface area contributed by atoms with Gasteiger partial charge in [-0.15, -0.1) is 0 Å². The van der Waals surface area contributed by atoms with Crippen LogP contribution in [-0.2, 0) is 11.3 Å². The largest absolute Gasteiger partial charge is 0.493 e. The Balaban J connectivity index is 1.92. The molecule has 1 N–H and O–H groups in total. The molecule has 0 radical (unpaired) electrons. The highest BCUT2D eigenvalue weighted by atomic mass is 16.5. The molecular weight excluding hydrogens is 316 g/mol. The fraction of sp³-hybridized carbons (Fsp3) is 0.300. The van der Waals surface area contributed by atoms with Gasteiger partial charge in [-0.1, -0.05) is 25.5 Å². The summed E-state index contributed by atoms with van der Waals surface area (Å²) in [6.45, 7) is 3.23. The minimum absolute atomic E-state index is 0.161. The second-order valence-electron chi connectivity index (χ2n) is 5.52. The summed E-state index contributed by atoms with van der Waals surface area (Å²) in [5.74, 6) is 1.22. The number of aromatic nitrogens is 1. The van der Waals surface area contributed by atoms with E-state index in [2.05, 4.69) is 17.2 Å². The Morgan fingerprint density at radius 1 is 1.28 bits per heavy atom. The van der Waals surface area contributed by atoms with E-state index in [0.29, 0.717) is 24.7 Å². The number of hydrogen-bond acceptors (Lipinski definition) is 4. The van der Waals surface area contributed by atoms with Crippen molar-refractivity contribution in [3.63, 3.8) is 0 Å². The van der Waals surface area contributed by atoms with Gasteiger partial charge in [-0.25, -0.2) is 0 Å². The van der Waals surface area contributed by atoms with E-state index in [4.69, 9.17) is 9.47 Å². The average Bonchev–Trinajstić information content (AvgIpc) is 2.66. The van der Waals surface area contributed by atoms with Crippen LogP contribution >= 0.6 is 0 Å². The Morgan fingerprint density at radius 3 is 2.88 bits per heavy atom. The molecule has 1 aromatic heterocycles. The number of pyridine rings is 1. The van der Waals surface area contributed by atoms with Crippen molar-refractivity contribution in [3.8, 4) is 11.5 Å². The quantitative estimate of drug-likeness (QED) is 0.560. The zero-order chi connectivity index (χ0) is 17.9. The van der Waals surface area contributed by atoms with Crippen LogP contribution < -0.4 is 14.8 Å².